The van der Waals surface area contributed by atoms with Crippen LogP contribution in [0.3, 0.4) is 0 Å². The van der Waals surface area contributed by atoms with Gasteiger partial charge < -0.3 is 5.11 Å². The first-order valence-electron chi connectivity index (χ1n) is 4.86. The van der Waals surface area contributed by atoms with Crippen molar-refractivity contribution in [1.29, 1.82) is 0 Å². The average molecular weight is 178 g/mol. The summed E-state index contributed by atoms with van der Waals surface area (Å²) in [7, 11) is 0. The van der Waals surface area contributed by atoms with E-state index < -0.39 is 0 Å². The zero-order chi connectivity index (χ0) is 9.84. The van der Waals surface area contributed by atoms with Crippen molar-refractivity contribution in [2.75, 3.05) is 0 Å². The highest BCUT2D eigenvalue weighted by Gasteiger charge is 2.18. The first-order valence-corrected chi connectivity index (χ1v) is 4.86. The van der Waals surface area contributed by atoms with Crippen molar-refractivity contribution in [1.82, 2.24) is 0 Å². The lowest BCUT2D eigenvalue weighted by Crippen LogP contribution is -2.14. The average Bonchev–Trinajstić information content (AvgIpc) is 2.17. The molecule has 1 aromatic carbocycles. The second kappa shape index (κ2) is 4.43. The minimum atomic E-state index is -0.332. The fourth-order valence-electron chi connectivity index (χ4n) is 1.32. The zero-order valence-corrected chi connectivity index (χ0v) is 8.57. The predicted octanol–water partition coefficient (Wildman–Crippen LogP) is 3.01. The Hall–Kier alpha value is -0.820. The molecule has 0 fully saturated rings. The molecule has 0 spiro atoms. The number of rotatable bonds is 3. The smallest absolute Gasteiger partial charge is 0.0818 e. The van der Waals surface area contributed by atoms with Gasteiger partial charge in [0.15, 0.2) is 0 Å². The van der Waals surface area contributed by atoms with Crippen molar-refractivity contribution < 1.29 is 5.11 Å². The van der Waals surface area contributed by atoms with Gasteiger partial charge in [0.05, 0.1) is 6.10 Å². The predicted molar refractivity (Wildman–Crippen MR) is 55.4 cm³/mol. The van der Waals surface area contributed by atoms with E-state index >= 15 is 0 Å². The van der Waals surface area contributed by atoms with Crippen molar-refractivity contribution in [2.24, 2.45) is 11.8 Å². The van der Waals surface area contributed by atoms with Gasteiger partial charge in [-0.3, -0.25) is 0 Å². The molecule has 1 aromatic rings. The van der Waals surface area contributed by atoms with E-state index in [1.807, 2.05) is 30.3 Å². The van der Waals surface area contributed by atoms with Crippen molar-refractivity contribution in [2.45, 2.75) is 26.9 Å². The third kappa shape index (κ3) is 2.56. The molecule has 0 aliphatic heterocycles. The fraction of sp³-hybridized carbons (Fsp3) is 0.500. The van der Waals surface area contributed by atoms with E-state index in [0.717, 1.165) is 5.56 Å². The van der Waals surface area contributed by atoms with Crippen LogP contribution in [0.25, 0.3) is 0 Å². The van der Waals surface area contributed by atoms with Gasteiger partial charge in [-0.25, -0.2) is 0 Å². The Morgan fingerprint density at radius 1 is 1.00 bits per heavy atom. The largest absolute Gasteiger partial charge is 0.388 e. The van der Waals surface area contributed by atoms with Crippen molar-refractivity contribution in [3.63, 3.8) is 0 Å². The van der Waals surface area contributed by atoms with Crippen LogP contribution in [0.2, 0.25) is 0 Å². The standard InChI is InChI=1S/C12H18O/c1-9(2)10(3)12(13)11-7-5-4-6-8-11/h4-10,12-13H,1-3H3/t10-,12+/m1/s1. The van der Waals surface area contributed by atoms with Crippen LogP contribution in [0.4, 0.5) is 0 Å². The van der Waals surface area contributed by atoms with E-state index in [2.05, 4.69) is 20.8 Å². The number of hydrogen-bond donors (Lipinski definition) is 1. The summed E-state index contributed by atoms with van der Waals surface area (Å²) >= 11 is 0. The molecule has 0 amide bonds. The lowest BCUT2D eigenvalue weighted by molar-refractivity contribution is 0.0921. The molecule has 1 N–H and O–H groups in total. The van der Waals surface area contributed by atoms with Crippen LogP contribution in [0, 0.1) is 11.8 Å². The van der Waals surface area contributed by atoms with Crippen LogP contribution < -0.4 is 0 Å². The molecule has 0 unspecified atom stereocenters. The Morgan fingerprint density at radius 3 is 2.00 bits per heavy atom. The summed E-state index contributed by atoms with van der Waals surface area (Å²) in [5.41, 5.74) is 1.02. The molecule has 0 saturated heterocycles. The van der Waals surface area contributed by atoms with Gasteiger partial charge in [0.2, 0.25) is 0 Å². The summed E-state index contributed by atoms with van der Waals surface area (Å²) in [5.74, 6) is 0.817. The van der Waals surface area contributed by atoms with Crippen LogP contribution >= 0.6 is 0 Å². The third-order valence-corrected chi connectivity index (χ3v) is 2.69. The van der Waals surface area contributed by atoms with Crippen molar-refractivity contribution >= 4 is 0 Å². The molecule has 0 aliphatic rings. The highest BCUT2D eigenvalue weighted by Crippen LogP contribution is 2.26. The van der Waals surface area contributed by atoms with E-state index in [1.54, 1.807) is 0 Å². The maximum Gasteiger partial charge on any atom is 0.0818 e. The molecule has 1 nitrogen and oxygen atoms in total. The zero-order valence-electron chi connectivity index (χ0n) is 8.57. The monoisotopic (exact) mass is 178 g/mol. The summed E-state index contributed by atoms with van der Waals surface area (Å²) in [6.45, 7) is 6.36. The Balaban J connectivity index is 2.73. The second-order valence-corrected chi connectivity index (χ2v) is 3.96. The molecule has 72 valence electrons. The third-order valence-electron chi connectivity index (χ3n) is 2.69. The first kappa shape index (κ1) is 10.3. The molecule has 0 bridgehead atoms. The van der Waals surface area contributed by atoms with Gasteiger partial charge in [-0.1, -0.05) is 51.1 Å². The summed E-state index contributed by atoms with van der Waals surface area (Å²) < 4.78 is 0. The van der Waals surface area contributed by atoms with E-state index in [0.29, 0.717) is 11.8 Å². The quantitative estimate of drug-likeness (QED) is 0.754. The molecule has 13 heavy (non-hydrogen) atoms. The van der Waals surface area contributed by atoms with Gasteiger partial charge in [0.1, 0.15) is 0 Å². The summed E-state index contributed by atoms with van der Waals surface area (Å²) in [6, 6.07) is 9.85. The normalized spacial score (nSPS) is 15.8. The molecule has 1 rings (SSSR count). The highest BCUT2D eigenvalue weighted by atomic mass is 16.3. The molecule has 0 heterocycles. The summed E-state index contributed by atoms with van der Waals surface area (Å²) in [4.78, 5) is 0. The van der Waals surface area contributed by atoms with E-state index in [1.165, 1.54) is 0 Å². The molecule has 0 aliphatic carbocycles. The molecular formula is C12H18O. The minimum absolute atomic E-state index is 0.308. The maximum atomic E-state index is 9.96. The second-order valence-electron chi connectivity index (χ2n) is 3.96. The van der Waals surface area contributed by atoms with Crippen molar-refractivity contribution in [3.05, 3.63) is 35.9 Å². The van der Waals surface area contributed by atoms with Gasteiger partial charge in [-0.05, 0) is 17.4 Å². The summed E-state index contributed by atoms with van der Waals surface area (Å²) in [5, 5.41) is 9.96. The van der Waals surface area contributed by atoms with E-state index in [4.69, 9.17) is 0 Å². The summed E-state index contributed by atoms with van der Waals surface area (Å²) in [6.07, 6.45) is -0.332. The maximum absolute atomic E-state index is 9.96. The minimum Gasteiger partial charge on any atom is -0.388 e. The molecule has 1 heteroatoms. The van der Waals surface area contributed by atoms with Crippen molar-refractivity contribution in [3.8, 4) is 0 Å². The van der Waals surface area contributed by atoms with Gasteiger partial charge in [-0.15, -0.1) is 0 Å². The van der Waals surface area contributed by atoms with E-state index in [9.17, 15) is 5.11 Å². The molecule has 0 radical (unpaired) electrons. The molecule has 0 aromatic heterocycles. The molecular weight excluding hydrogens is 160 g/mol. The Morgan fingerprint density at radius 2 is 1.54 bits per heavy atom. The number of benzene rings is 1. The van der Waals surface area contributed by atoms with Crippen LogP contribution in [0.15, 0.2) is 30.3 Å². The van der Waals surface area contributed by atoms with Gasteiger partial charge in [0, 0.05) is 0 Å². The van der Waals surface area contributed by atoms with Gasteiger partial charge in [0.25, 0.3) is 0 Å². The topological polar surface area (TPSA) is 20.2 Å². The Bertz CT molecular complexity index is 241. The highest BCUT2D eigenvalue weighted by molar-refractivity contribution is 5.17. The Kier molecular flexibility index (Phi) is 3.49. The lowest BCUT2D eigenvalue weighted by atomic mass is 9.88. The Labute approximate surface area is 80.4 Å². The number of hydrogen-bond acceptors (Lipinski definition) is 1. The molecule has 0 saturated carbocycles. The van der Waals surface area contributed by atoms with Crippen LogP contribution in [-0.2, 0) is 0 Å². The van der Waals surface area contributed by atoms with Crippen LogP contribution in [0.5, 0.6) is 0 Å². The SMILES string of the molecule is CC(C)[C@@H](C)[C@H](O)c1ccccc1. The number of aliphatic hydroxyl groups excluding tert-OH is 1. The van der Waals surface area contributed by atoms with Crippen LogP contribution in [-0.4, -0.2) is 5.11 Å². The van der Waals surface area contributed by atoms with Gasteiger partial charge >= 0.3 is 0 Å². The number of aliphatic hydroxyl groups is 1. The van der Waals surface area contributed by atoms with Gasteiger partial charge in [-0.2, -0.15) is 0 Å². The van der Waals surface area contributed by atoms with Crippen LogP contribution in [0.1, 0.15) is 32.4 Å². The lowest BCUT2D eigenvalue weighted by Gasteiger charge is -2.22. The molecule has 2 atom stereocenters. The first-order chi connectivity index (χ1) is 6.13. The van der Waals surface area contributed by atoms with E-state index in [-0.39, 0.29) is 6.10 Å². The fourth-order valence-corrected chi connectivity index (χ4v) is 1.32.